The van der Waals surface area contributed by atoms with Crippen molar-refractivity contribution in [3.63, 3.8) is 0 Å². The lowest BCUT2D eigenvalue weighted by molar-refractivity contribution is 0.300. The van der Waals surface area contributed by atoms with Crippen LogP contribution in [0, 0.1) is 0 Å². The van der Waals surface area contributed by atoms with Gasteiger partial charge in [-0.2, -0.15) is 11.8 Å². The summed E-state index contributed by atoms with van der Waals surface area (Å²) >= 11 is 1.74. The number of hydrogen-bond donors (Lipinski definition) is 2. The minimum absolute atomic E-state index is 0.177. The lowest BCUT2D eigenvalue weighted by atomic mass is 10.2. The second-order valence-corrected chi connectivity index (χ2v) is 5.83. The summed E-state index contributed by atoms with van der Waals surface area (Å²) in [6, 6.07) is 10.3. The second kappa shape index (κ2) is 6.27. The molecule has 3 nitrogen and oxygen atoms in total. The largest absolute Gasteiger partial charge is 0.459 e. The molecule has 0 aliphatic rings. The Hall–Kier alpha value is -0.970. The molecule has 0 aliphatic heterocycles. The molecule has 1 aromatic carbocycles. The number of furan rings is 1. The van der Waals surface area contributed by atoms with Crippen LogP contribution < -0.4 is 5.32 Å². The van der Waals surface area contributed by atoms with Crippen LogP contribution in [0.25, 0.3) is 11.0 Å². The van der Waals surface area contributed by atoms with Gasteiger partial charge in [-0.15, -0.1) is 0 Å². The van der Waals surface area contributed by atoms with Crippen LogP contribution in [0.3, 0.4) is 0 Å². The zero-order chi connectivity index (χ0) is 13.0. The summed E-state index contributed by atoms with van der Waals surface area (Å²) in [7, 11) is 1.93. The number of thioether (sulfide) groups is 1. The molecule has 2 unspecified atom stereocenters. The van der Waals surface area contributed by atoms with Crippen molar-refractivity contribution in [1.82, 2.24) is 5.32 Å². The van der Waals surface area contributed by atoms with E-state index in [9.17, 15) is 0 Å². The molecule has 0 spiro atoms. The van der Waals surface area contributed by atoms with Gasteiger partial charge >= 0.3 is 0 Å². The molecule has 4 heteroatoms. The Bertz CT molecular complexity index is 464. The van der Waals surface area contributed by atoms with Crippen molar-refractivity contribution in [1.29, 1.82) is 0 Å². The molecule has 0 saturated carbocycles. The maximum atomic E-state index is 9.04. The van der Waals surface area contributed by atoms with E-state index < -0.39 is 0 Å². The number of hydrogen-bond acceptors (Lipinski definition) is 4. The van der Waals surface area contributed by atoms with Gasteiger partial charge in [0.25, 0.3) is 0 Å². The lowest BCUT2D eigenvalue weighted by Crippen LogP contribution is -2.19. The molecule has 0 bridgehead atoms. The molecule has 2 N–H and O–H groups in total. The van der Waals surface area contributed by atoms with Crippen molar-refractivity contribution in [3.8, 4) is 0 Å². The standard InChI is InChI=1S/C14H19NO2S/c1-10(8-16)18-9-12(15-2)14-7-11-5-3-4-6-13(11)17-14/h3-7,10,12,15-16H,8-9H2,1-2H3. The van der Waals surface area contributed by atoms with E-state index in [1.54, 1.807) is 11.8 Å². The third-order valence-corrected chi connectivity index (χ3v) is 4.18. The van der Waals surface area contributed by atoms with Crippen LogP contribution in [0.1, 0.15) is 18.7 Å². The van der Waals surface area contributed by atoms with Gasteiger partial charge < -0.3 is 14.8 Å². The summed E-state index contributed by atoms with van der Waals surface area (Å²) in [6.45, 7) is 2.23. The number of fused-ring (bicyclic) bond motifs is 1. The van der Waals surface area contributed by atoms with E-state index in [0.717, 1.165) is 22.5 Å². The Kier molecular flexibility index (Phi) is 4.69. The molecule has 1 heterocycles. The smallest absolute Gasteiger partial charge is 0.134 e. The van der Waals surface area contributed by atoms with Gasteiger partial charge in [0.1, 0.15) is 11.3 Å². The maximum absolute atomic E-state index is 9.04. The normalized spacial score (nSPS) is 14.8. The summed E-state index contributed by atoms with van der Waals surface area (Å²) in [5, 5.41) is 13.7. The van der Waals surface area contributed by atoms with E-state index in [1.807, 2.05) is 32.2 Å². The molecule has 0 radical (unpaired) electrons. The van der Waals surface area contributed by atoms with E-state index >= 15 is 0 Å². The Morgan fingerprint density at radius 1 is 1.39 bits per heavy atom. The highest BCUT2D eigenvalue weighted by molar-refractivity contribution is 7.99. The van der Waals surface area contributed by atoms with E-state index in [4.69, 9.17) is 9.52 Å². The van der Waals surface area contributed by atoms with Crippen molar-refractivity contribution in [2.24, 2.45) is 0 Å². The zero-order valence-corrected chi connectivity index (χ0v) is 11.5. The van der Waals surface area contributed by atoms with Crippen LogP contribution >= 0.6 is 11.8 Å². The fourth-order valence-electron chi connectivity index (χ4n) is 1.80. The first-order valence-electron chi connectivity index (χ1n) is 6.12. The van der Waals surface area contributed by atoms with Gasteiger partial charge in [-0.05, 0) is 19.2 Å². The Balaban J connectivity index is 2.11. The summed E-state index contributed by atoms with van der Waals surface area (Å²) < 4.78 is 5.85. The summed E-state index contributed by atoms with van der Waals surface area (Å²) in [5.41, 5.74) is 0.924. The van der Waals surface area contributed by atoms with Crippen molar-refractivity contribution >= 4 is 22.7 Å². The van der Waals surface area contributed by atoms with E-state index in [1.165, 1.54) is 0 Å². The molecule has 0 fully saturated rings. The highest BCUT2D eigenvalue weighted by Crippen LogP contribution is 2.26. The average molecular weight is 265 g/mol. The number of aliphatic hydroxyl groups excluding tert-OH is 1. The fraction of sp³-hybridized carbons (Fsp3) is 0.429. The molecule has 2 aromatic rings. The minimum Gasteiger partial charge on any atom is -0.459 e. The van der Waals surface area contributed by atoms with Crippen molar-refractivity contribution in [3.05, 3.63) is 36.1 Å². The molecule has 1 aromatic heterocycles. The highest BCUT2D eigenvalue weighted by Gasteiger charge is 2.15. The van der Waals surface area contributed by atoms with Gasteiger partial charge in [0.15, 0.2) is 0 Å². The molecular formula is C14H19NO2S. The van der Waals surface area contributed by atoms with Crippen molar-refractivity contribution in [2.45, 2.75) is 18.2 Å². The monoisotopic (exact) mass is 265 g/mol. The summed E-state index contributed by atoms with van der Waals surface area (Å²) in [4.78, 5) is 0. The van der Waals surface area contributed by atoms with Crippen LogP contribution in [0.5, 0.6) is 0 Å². The van der Waals surface area contributed by atoms with Crippen LogP contribution in [0.2, 0.25) is 0 Å². The molecule has 0 saturated heterocycles. The van der Waals surface area contributed by atoms with Gasteiger partial charge in [-0.1, -0.05) is 25.1 Å². The molecular weight excluding hydrogens is 246 g/mol. The van der Waals surface area contributed by atoms with Gasteiger partial charge in [0.2, 0.25) is 0 Å². The Morgan fingerprint density at radius 3 is 2.83 bits per heavy atom. The number of nitrogens with one attached hydrogen (secondary N) is 1. The summed E-state index contributed by atoms with van der Waals surface area (Å²) in [5.74, 6) is 1.84. The highest BCUT2D eigenvalue weighted by atomic mass is 32.2. The molecule has 0 amide bonds. The van der Waals surface area contributed by atoms with Gasteiger partial charge in [0, 0.05) is 16.4 Å². The third-order valence-electron chi connectivity index (χ3n) is 2.94. The van der Waals surface area contributed by atoms with E-state index in [-0.39, 0.29) is 17.9 Å². The van der Waals surface area contributed by atoms with Crippen molar-refractivity contribution in [2.75, 3.05) is 19.4 Å². The minimum atomic E-state index is 0.177. The third kappa shape index (κ3) is 3.07. The first-order valence-corrected chi connectivity index (χ1v) is 7.17. The number of para-hydroxylation sites is 1. The predicted molar refractivity (Wildman–Crippen MR) is 77.0 cm³/mol. The molecule has 2 atom stereocenters. The Morgan fingerprint density at radius 2 is 2.17 bits per heavy atom. The second-order valence-electron chi connectivity index (χ2n) is 4.35. The topological polar surface area (TPSA) is 45.4 Å². The number of aliphatic hydroxyl groups is 1. The van der Waals surface area contributed by atoms with Crippen LogP contribution in [0.4, 0.5) is 0 Å². The Labute approximate surface area is 112 Å². The summed E-state index contributed by atoms with van der Waals surface area (Å²) in [6.07, 6.45) is 0. The average Bonchev–Trinajstić information content (AvgIpc) is 2.82. The number of benzene rings is 1. The zero-order valence-electron chi connectivity index (χ0n) is 10.7. The molecule has 18 heavy (non-hydrogen) atoms. The van der Waals surface area contributed by atoms with Gasteiger partial charge in [-0.25, -0.2) is 0 Å². The van der Waals surface area contributed by atoms with Gasteiger partial charge in [-0.3, -0.25) is 0 Å². The maximum Gasteiger partial charge on any atom is 0.134 e. The van der Waals surface area contributed by atoms with Crippen LogP contribution in [-0.2, 0) is 0 Å². The molecule has 2 rings (SSSR count). The van der Waals surface area contributed by atoms with Gasteiger partial charge in [0.05, 0.1) is 12.6 Å². The first kappa shape index (κ1) is 13.5. The van der Waals surface area contributed by atoms with Crippen LogP contribution in [0.15, 0.2) is 34.7 Å². The van der Waals surface area contributed by atoms with Crippen molar-refractivity contribution < 1.29 is 9.52 Å². The molecule has 0 aliphatic carbocycles. The molecule has 98 valence electrons. The number of rotatable bonds is 6. The predicted octanol–water partition coefficient (Wildman–Crippen LogP) is 2.81. The fourth-order valence-corrected chi connectivity index (χ4v) is 2.75. The van der Waals surface area contributed by atoms with Crippen LogP contribution in [-0.4, -0.2) is 29.8 Å². The lowest BCUT2D eigenvalue weighted by Gasteiger charge is -2.15. The quantitative estimate of drug-likeness (QED) is 0.843. The van der Waals surface area contributed by atoms with E-state index in [2.05, 4.69) is 17.4 Å². The SMILES string of the molecule is CNC(CSC(C)CO)c1cc2ccccc2o1. The first-order chi connectivity index (χ1) is 8.74. The van der Waals surface area contributed by atoms with E-state index in [0.29, 0.717) is 0 Å².